The summed E-state index contributed by atoms with van der Waals surface area (Å²) in [4.78, 5) is 17.0. The second kappa shape index (κ2) is 7.07. The van der Waals surface area contributed by atoms with Crippen LogP contribution in [0.4, 0.5) is 8.78 Å². The third-order valence-electron chi connectivity index (χ3n) is 3.92. The van der Waals surface area contributed by atoms with E-state index in [1.807, 2.05) is 0 Å². The number of alkyl halides is 2. The lowest BCUT2D eigenvalue weighted by molar-refractivity contribution is -0.0498. The second-order valence-corrected chi connectivity index (χ2v) is 6.42. The SMILES string of the molecule is Cn1nc(Br)c2c(=O)n(Cc3nnnn3-c3ccc(OC(F)F)cc3)cnc21. The maximum Gasteiger partial charge on any atom is 0.387 e. The van der Waals surface area contributed by atoms with Crippen molar-refractivity contribution in [1.82, 2.24) is 39.5 Å². The van der Waals surface area contributed by atoms with Gasteiger partial charge in [0.15, 0.2) is 11.5 Å². The maximum absolute atomic E-state index is 12.8. The van der Waals surface area contributed by atoms with Crippen molar-refractivity contribution in [1.29, 1.82) is 0 Å². The van der Waals surface area contributed by atoms with Crippen LogP contribution in [0.1, 0.15) is 5.82 Å². The number of aromatic nitrogens is 8. The van der Waals surface area contributed by atoms with Crippen LogP contribution in [0, 0.1) is 0 Å². The minimum atomic E-state index is -2.91. The lowest BCUT2D eigenvalue weighted by Gasteiger charge is -2.08. The van der Waals surface area contributed by atoms with Crippen LogP contribution in [0.3, 0.4) is 0 Å². The smallest absolute Gasteiger partial charge is 0.387 e. The minimum Gasteiger partial charge on any atom is -0.435 e. The first-order chi connectivity index (χ1) is 13.4. The van der Waals surface area contributed by atoms with E-state index in [1.54, 1.807) is 7.05 Å². The number of aryl methyl sites for hydroxylation is 1. The summed E-state index contributed by atoms with van der Waals surface area (Å²) in [5.41, 5.74) is 0.661. The molecule has 0 N–H and O–H groups in total. The Morgan fingerprint density at radius 3 is 2.71 bits per heavy atom. The van der Waals surface area contributed by atoms with Gasteiger partial charge in [-0.1, -0.05) is 0 Å². The van der Waals surface area contributed by atoms with E-state index < -0.39 is 6.61 Å². The number of ether oxygens (including phenoxy) is 1. The van der Waals surface area contributed by atoms with Crippen molar-refractivity contribution in [2.75, 3.05) is 0 Å². The average Bonchev–Trinajstić information content (AvgIpc) is 3.22. The van der Waals surface area contributed by atoms with Gasteiger partial charge in [-0.2, -0.15) is 18.6 Å². The largest absolute Gasteiger partial charge is 0.435 e. The van der Waals surface area contributed by atoms with Gasteiger partial charge >= 0.3 is 6.61 Å². The predicted molar refractivity (Wildman–Crippen MR) is 95.4 cm³/mol. The molecule has 0 saturated heterocycles. The number of tetrazole rings is 1. The zero-order chi connectivity index (χ0) is 19.8. The molecule has 3 heterocycles. The van der Waals surface area contributed by atoms with Gasteiger partial charge in [0.1, 0.15) is 22.1 Å². The fourth-order valence-corrected chi connectivity index (χ4v) is 3.26. The molecule has 28 heavy (non-hydrogen) atoms. The van der Waals surface area contributed by atoms with Gasteiger partial charge in [-0.05, 0) is 50.6 Å². The van der Waals surface area contributed by atoms with E-state index >= 15 is 0 Å². The molecule has 0 aliphatic rings. The molecular formula is C15H11BrF2N8O2. The van der Waals surface area contributed by atoms with E-state index in [-0.39, 0.29) is 17.9 Å². The first kappa shape index (κ1) is 18.2. The van der Waals surface area contributed by atoms with Gasteiger partial charge in [0.05, 0.1) is 12.2 Å². The Balaban J connectivity index is 1.67. The maximum atomic E-state index is 12.8. The molecule has 1 aromatic carbocycles. The molecule has 0 atom stereocenters. The zero-order valence-electron chi connectivity index (χ0n) is 14.2. The van der Waals surface area contributed by atoms with Crippen molar-refractivity contribution < 1.29 is 13.5 Å². The quantitative estimate of drug-likeness (QED) is 0.451. The van der Waals surface area contributed by atoms with Gasteiger partial charge in [-0.3, -0.25) is 9.36 Å². The summed E-state index contributed by atoms with van der Waals surface area (Å²) in [5.74, 6) is 0.367. The fraction of sp³-hybridized carbons (Fsp3) is 0.200. The van der Waals surface area contributed by atoms with Crippen LogP contribution >= 0.6 is 15.9 Å². The third kappa shape index (κ3) is 3.24. The minimum absolute atomic E-state index is 0.0145. The lowest BCUT2D eigenvalue weighted by atomic mass is 10.3. The van der Waals surface area contributed by atoms with E-state index in [0.29, 0.717) is 27.1 Å². The van der Waals surface area contributed by atoms with Crippen LogP contribution < -0.4 is 10.3 Å². The standard InChI is InChI=1S/C15H11BrF2N8O2/c1-24-13-11(12(16)21-24)14(27)25(7-19-13)6-10-20-22-23-26(10)8-2-4-9(5-3-8)28-15(17)18/h2-5,7,15H,6H2,1H3. The van der Waals surface area contributed by atoms with Gasteiger partial charge in [0, 0.05) is 7.05 Å². The molecule has 4 aromatic rings. The number of hydrogen-bond acceptors (Lipinski definition) is 7. The summed E-state index contributed by atoms with van der Waals surface area (Å²) in [6.45, 7) is -2.86. The normalized spacial score (nSPS) is 11.5. The first-order valence-electron chi connectivity index (χ1n) is 7.84. The highest BCUT2D eigenvalue weighted by atomic mass is 79.9. The van der Waals surface area contributed by atoms with Crippen LogP contribution in [0.25, 0.3) is 16.7 Å². The van der Waals surface area contributed by atoms with Gasteiger partial charge in [0.25, 0.3) is 5.56 Å². The van der Waals surface area contributed by atoms with Crippen molar-refractivity contribution in [3.05, 3.63) is 51.4 Å². The molecule has 0 unspecified atom stereocenters. The Morgan fingerprint density at radius 1 is 1.25 bits per heavy atom. The number of benzene rings is 1. The molecule has 13 heteroatoms. The van der Waals surface area contributed by atoms with E-state index in [9.17, 15) is 13.6 Å². The molecule has 0 fully saturated rings. The van der Waals surface area contributed by atoms with Crippen LogP contribution in [-0.4, -0.2) is 46.2 Å². The van der Waals surface area contributed by atoms with Crippen molar-refractivity contribution in [3.63, 3.8) is 0 Å². The second-order valence-electron chi connectivity index (χ2n) is 5.67. The van der Waals surface area contributed by atoms with Crippen molar-refractivity contribution >= 4 is 27.0 Å². The van der Waals surface area contributed by atoms with Crippen LogP contribution in [0.15, 0.2) is 40.0 Å². The number of rotatable bonds is 5. The summed E-state index contributed by atoms with van der Waals surface area (Å²) >= 11 is 3.26. The Bertz CT molecular complexity index is 1200. The molecule has 0 saturated carbocycles. The van der Waals surface area contributed by atoms with Gasteiger partial charge in [0.2, 0.25) is 0 Å². The van der Waals surface area contributed by atoms with Gasteiger partial charge in [-0.25, -0.2) is 9.67 Å². The number of fused-ring (bicyclic) bond motifs is 1. The average molecular weight is 453 g/mol. The molecule has 0 spiro atoms. The highest BCUT2D eigenvalue weighted by Crippen LogP contribution is 2.19. The summed E-state index contributed by atoms with van der Waals surface area (Å²) in [6.07, 6.45) is 1.39. The highest BCUT2D eigenvalue weighted by molar-refractivity contribution is 9.10. The Labute approximate surface area is 163 Å². The molecule has 144 valence electrons. The molecular weight excluding hydrogens is 442 g/mol. The third-order valence-corrected chi connectivity index (χ3v) is 4.48. The zero-order valence-corrected chi connectivity index (χ0v) is 15.8. The van der Waals surface area contributed by atoms with E-state index in [2.05, 4.69) is 46.3 Å². The molecule has 0 aliphatic heterocycles. The first-order valence-corrected chi connectivity index (χ1v) is 8.63. The molecule has 0 amide bonds. The topological polar surface area (TPSA) is 106 Å². The fourth-order valence-electron chi connectivity index (χ4n) is 2.67. The molecule has 4 rings (SSSR count). The number of nitrogens with zero attached hydrogens (tertiary/aromatic N) is 8. The van der Waals surface area contributed by atoms with Crippen molar-refractivity contribution in [3.8, 4) is 11.4 Å². The summed E-state index contributed by atoms with van der Waals surface area (Å²) < 4.78 is 33.5. The Morgan fingerprint density at radius 2 is 2.00 bits per heavy atom. The van der Waals surface area contributed by atoms with Crippen LogP contribution in [-0.2, 0) is 13.6 Å². The summed E-state index contributed by atoms with van der Waals surface area (Å²) in [7, 11) is 1.69. The summed E-state index contributed by atoms with van der Waals surface area (Å²) in [5, 5.41) is 15.9. The van der Waals surface area contributed by atoms with E-state index in [0.717, 1.165) is 0 Å². The molecule has 0 aliphatic carbocycles. The molecule has 3 aromatic heterocycles. The van der Waals surface area contributed by atoms with Crippen LogP contribution in [0.5, 0.6) is 5.75 Å². The summed E-state index contributed by atoms with van der Waals surface area (Å²) in [6, 6.07) is 5.80. The molecule has 10 nitrogen and oxygen atoms in total. The van der Waals surface area contributed by atoms with Gasteiger partial charge in [-0.15, -0.1) is 5.10 Å². The van der Waals surface area contributed by atoms with E-state index in [1.165, 1.54) is 44.5 Å². The lowest BCUT2D eigenvalue weighted by Crippen LogP contribution is -2.23. The predicted octanol–water partition coefficient (Wildman–Crippen LogP) is 1.52. The van der Waals surface area contributed by atoms with E-state index in [4.69, 9.17) is 0 Å². The monoisotopic (exact) mass is 452 g/mol. The molecule has 0 bridgehead atoms. The molecule has 0 radical (unpaired) electrons. The van der Waals surface area contributed by atoms with Crippen molar-refractivity contribution in [2.24, 2.45) is 7.05 Å². The Kier molecular flexibility index (Phi) is 4.58. The Hall–Kier alpha value is -3.22. The highest BCUT2D eigenvalue weighted by Gasteiger charge is 2.16. The number of halogens is 3. The van der Waals surface area contributed by atoms with Gasteiger partial charge < -0.3 is 4.74 Å². The van der Waals surface area contributed by atoms with Crippen molar-refractivity contribution in [2.45, 2.75) is 13.2 Å². The number of hydrogen-bond donors (Lipinski definition) is 0. The van der Waals surface area contributed by atoms with Crippen LogP contribution in [0.2, 0.25) is 0 Å².